The Bertz CT molecular complexity index is 889. The molecule has 0 aliphatic heterocycles. The minimum absolute atomic E-state index is 0.411. The zero-order valence-electron chi connectivity index (χ0n) is 9.75. The van der Waals surface area contributed by atoms with Gasteiger partial charge in [0.1, 0.15) is 12.1 Å². The lowest BCUT2D eigenvalue weighted by Crippen LogP contribution is -1.92. The van der Waals surface area contributed by atoms with Crippen LogP contribution in [0.15, 0.2) is 30.7 Å². The van der Waals surface area contributed by atoms with Crippen LogP contribution in [-0.2, 0) is 0 Å². The summed E-state index contributed by atoms with van der Waals surface area (Å²) in [6, 6.07) is 5.89. The molecule has 7 nitrogen and oxygen atoms in total. The third kappa shape index (κ3) is 1.32. The van der Waals surface area contributed by atoms with E-state index in [4.69, 9.17) is 5.73 Å². The van der Waals surface area contributed by atoms with Crippen LogP contribution in [0.2, 0.25) is 0 Å². The topological polar surface area (TPSA) is 109 Å². The van der Waals surface area contributed by atoms with Gasteiger partial charge in [0.25, 0.3) is 0 Å². The highest BCUT2D eigenvalue weighted by Gasteiger charge is 2.14. The number of nitrogens with one attached hydrogen (secondary N) is 2. The number of rotatable bonds is 1. The Morgan fingerprint density at radius 3 is 3.00 bits per heavy atom. The van der Waals surface area contributed by atoms with Crippen molar-refractivity contribution in [3.63, 3.8) is 0 Å². The lowest BCUT2D eigenvalue weighted by atomic mass is 10.1. The van der Waals surface area contributed by atoms with Gasteiger partial charge in [-0.1, -0.05) is 12.1 Å². The Balaban J connectivity index is 2.13. The van der Waals surface area contributed by atoms with Crippen LogP contribution in [0.25, 0.3) is 33.2 Å². The van der Waals surface area contributed by atoms with Crippen LogP contribution in [0.5, 0.6) is 0 Å². The maximum Gasteiger partial charge on any atom is 0.186 e. The molecule has 0 saturated heterocycles. The number of nitrogens with two attached hydrogens (primary N) is 1. The van der Waals surface area contributed by atoms with Crippen molar-refractivity contribution in [3.05, 3.63) is 30.7 Å². The SMILES string of the molecule is Nc1ncnc2n[nH]c(-c3cccc4[nH]ncc34)c12. The van der Waals surface area contributed by atoms with Crippen LogP contribution in [-0.4, -0.2) is 30.4 Å². The quantitative estimate of drug-likeness (QED) is 0.474. The largest absolute Gasteiger partial charge is 0.383 e. The number of fused-ring (bicyclic) bond motifs is 2. The minimum Gasteiger partial charge on any atom is -0.383 e. The summed E-state index contributed by atoms with van der Waals surface area (Å²) in [5.74, 6) is 0.411. The van der Waals surface area contributed by atoms with Crippen molar-refractivity contribution in [1.29, 1.82) is 0 Å². The van der Waals surface area contributed by atoms with Gasteiger partial charge in [0.15, 0.2) is 5.65 Å². The van der Waals surface area contributed by atoms with Gasteiger partial charge in [0.2, 0.25) is 0 Å². The van der Waals surface area contributed by atoms with Crippen LogP contribution >= 0.6 is 0 Å². The van der Waals surface area contributed by atoms with Crippen molar-refractivity contribution < 1.29 is 0 Å². The second-order valence-electron chi connectivity index (χ2n) is 4.19. The summed E-state index contributed by atoms with van der Waals surface area (Å²) < 4.78 is 0. The summed E-state index contributed by atoms with van der Waals surface area (Å²) in [5, 5.41) is 15.9. The first-order valence-electron chi connectivity index (χ1n) is 5.71. The van der Waals surface area contributed by atoms with Gasteiger partial charge in [0.05, 0.1) is 22.8 Å². The Labute approximate surface area is 106 Å². The van der Waals surface area contributed by atoms with Gasteiger partial charge < -0.3 is 5.73 Å². The van der Waals surface area contributed by atoms with Crippen molar-refractivity contribution >= 4 is 27.8 Å². The molecule has 3 aromatic heterocycles. The van der Waals surface area contributed by atoms with Gasteiger partial charge in [-0.2, -0.15) is 10.2 Å². The molecule has 0 atom stereocenters. The van der Waals surface area contributed by atoms with E-state index in [0.717, 1.165) is 27.5 Å². The zero-order chi connectivity index (χ0) is 12.8. The van der Waals surface area contributed by atoms with Crippen LogP contribution in [0, 0.1) is 0 Å². The molecule has 0 saturated carbocycles. The van der Waals surface area contributed by atoms with E-state index >= 15 is 0 Å². The molecule has 0 aliphatic rings. The summed E-state index contributed by atoms with van der Waals surface area (Å²) >= 11 is 0. The number of H-pyrrole nitrogens is 2. The van der Waals surface area contributed by atoms with E-state index in [1.165, 1.54) is 6.33 Å². The molecule has 19 heavy (non-hydrogen) atoms. The molecule has 0 aliphatic carbocycles. The highest BCUT2D eigenvalue weighted by atomic mass is 15.2. The second kappa shape index (κ2) is 3.52. The van der Waals surface area contributed by atoms with Crippen LogP contribution in [0.3, 0.4) is 0 Å². The second-order valence-corrected chi connectivity index (χ2v) is 4.19. The van der Waals surface area contributed by atoms with Crippen LogP contribution in [0.4, 0.5) is 5.82 Å². The smallest absolute Gasteiger partial charge is 0.186 e. The Kier molecular flexibility index (Phi) is 1.85. The van der Waals surface area contributed by atoms with Crippen LogP contribution < -0.4 is 5.73 Å². The first kappa shape index (κ1) is 10.0. The molecule has 7 heteroatoms. The van der Waals surface area contributed by atoms with E-state index in [0.29, 0.717) is 11.5 Å². The minimum atomic E-state index is 0.411. The van der Waals surface area contributed by atoms with Crippen molar-refractivity contribution in [2.75, 3.05) is 5.73 Å². The van der Waals surface area contributed by atoms with E-state index in [2.05, 4.69) is 30.4 Å². The molecule has 0 unspecified atom stereocenters. The third-order valence-electron chi connectivity index (χ3n) is 3.13. The maximum atomic E-state index is 5.92. The fraction of sp³-hybridized carbons (Fsp3) is 0. The highest BCUT2D eigenvalue weighted by molar-refractivity contribution is 6.04. The number of nitrogen functional groups attached to an aromatic ring is 1. The van der Waals surface area contributed by atoms with Crippen molar-refractivity contribution in [2.24, 2.45) is 0 Å². The van der Waals surface area contributed by atoms with Gasteiger partial charge in [-0.3, -0.25) is 10.2 Å². The lowest BCUT2D eigenvalue weighted by molar-refractivity contribution is 1.09. The molecule has 1 aromatic carbocycles. The molecule has 0 bridgehead atoms. The van der Waals surface area contributed by atoms with Crippen molar-refractivity contribution in [1.82, 2.24) is 30.4 Å². The Hall–Kier alpha value is -2.96. The zero-order valence-corrected chi connectivity index (χ0v) is 9.75. The number of hydrogen-bond acceptors (Lipinski definition) is 5. The number of hydrogen-bond donors (Lipinski definition) is 3. The molecular formula is C12H9N7. The number of benzene rings is 1. The van der Waals surface area contributed by atoms with E-state index in [1.54, 1.807) is 6.20 Å². The van der Waals surface area contributed by atoms with E-state index in [-0.39, 0.29) is 0 Å². The molecule has 0 fully saturated rings. The first-order chi connectivity index (χ1) is 9.34. The third-order valence-corrected chi connectivity index (χ3v) is 3.13. The van der Waals surface area contributed by atoms with Gasteiger partial charge in [-0.25, -0.2) is 9.97 Å². The molecular weight excluding hydrogens is 242 g/mol. The first-order valence-corrected chi connectivity index (χ1v) is 5.71. The fourth-order valence-electron chi connectivity index (χ4n) is 2.26. The average molecular weight is 251 g/mol. The summed E-state index contributed by atoms with van der Waals surface area (Å²) in [6.45, 7) is 0. The maximum absolute atomic E-state index is 5.92. The van der Waals surface area contributed by atoms with E-state index in [1.807, 2.05) is 18.2 Å². The molecule has 4 aromatic rings. The van der Waals surface area contributed by atoms with E-state index in [9.17, 15) is 0 Å². The number of anilines is 1. The molecule has 4 rings (SSSR count). The van der Waals surface area contributed by atoms with Crippen LogP contribution in [0.1, 0.15) is 0 Å². The van der Waals surface area contributed by atoms with Gasteiger partial charge in [-0.15, -0.1) is 0 Å². The number of nitrogens with zero attached hydrogens (tertiary/aromatic N) is 4. The fourth-order valence-corrected chi connectivity index (χ4v) is 2.26. The lowest BCUT2D eigenvalue weighted by Gasteiger charge is -2.01. The van der Waals surface area contributed by atoms with E-state index < -0.39 is 0 Å². The molecule has 92 valence electrons. The molecule has 0 radical (unpaired) electrons. The predicted octanol–water partition coefficient (Wildman–Crippen LogP) is 1.48. The standard InChI is InChI=1S/C12H9N7/c13-11-9-10(18-19-12(9)15-5-14-11)6-2-1-3-8-7(6)4-16-17-8/h1-5H,(H,16,17)(H3,13,14,15,18,19). The summed E-state index contributed by atoms with van der Waals surface area (Å²) in [6.07, 6.45) is 3.18. The van der Waals surface area contributed by atoms with Crippen molar-refractivity contribution in [2.45, 2.75) is 0 Å². The normalized spacial score (nSPS) is 11.4. The monoisotopic (exact) mass is 251 g/mol. The number of aromatic amines is 2. The molecule has 0 amide bonds. The molecule has 4 N–H and O–H groups in total. The Morgan fingerprint density at radius 1 is 1.11 bits per heavy atom. The number of aromatic nitrogens is 6. The molecule has 3 heterocycles. The van der Waals surface area contributed by atoms with Crippen molar-refractivity contribution in [3.8, 4) is 11.3 Å². The summed E-state index contributed by atoms with van der Waals surface area (Å²) in [7, 11) is 0. The summed E-state index contributed by atoms with van der Waals surface area (Å²) in [5.41, 5.74) is 9.21. The highest BCUT2D eigenvalue weighted by Crippen LogP contribution is 2.32. The molecule has 0 spiro atoms. The Morgan fingerprint density at radius 2 is 2.05 bits per heavy atom. The summed E-state index contributed by atoms with van der Waals surface area (Å²) in [4.78, 5) is 8.12. The van der Waals surface area contributed by atoms with Gasteiger partial charge in [0, 0.05) is 10.9 Å². The van der Waals surface area contributed by atoms with Gasteiger partial charge in [-0.05, 0) is 6.07 Å². The van der Waals surface area contributed by atoms with Gasteiger partial charge >= 0.3 is 0 Å². The predicted molar refractivity (Wildman–Crippen MR) is 71.2 cm³/mol. The average Bonchev–Trinajstić information content (AvgIpc) is 3.05.